The number of rotatable bonds is 3. The Kier molecular flexibility index (Phi) is 5.92. The SMILES string of the molecule is CC(OC(=O)C1=Cc2cc(Cl)ccc2OC1)C(=O)NC(=O)NC(C)(C)C. The minimum atomic E-state index is -1.14. The molecule has 1 aromatic carbocycles. The van der Waals surface area contributed by atoms with Gasteiger partial charge in [-0.05, 0) is 52.0 Å². The van der Waals surface area contributed by atoms with Gasteiger partial charge in [-0.2, -0.15) is 0 Å². The number of ether oxygens (including phenoxy) is 2. The fraction of sp³-hybridized carbons (Fsp3) is 0.389. The maximum absolute atomic E-state index is 12.2. The van der Waals surface area contributed by atoms with Gasteiger partial charge in [-0.1, -0.05) is 11.6 Å². The lowest BCUT2D eigenvalue weighted by atomic mass is 10.1. The standard InChI is InChI=1S/C18H21ClN2O5/c1-10(15(22)20-17(24)21-18(2,3)4)26-16(23)12-7-11-8-13(19)5-6-14(11)25-9-12/h5-8,10H,9H2,1-4H3,(H2,20,21,22,24). The first-order valence-corrected chi connectivity index (χ1v) is 8.40. The molecule has 2 rings (SSSR count). The predicted molar refractivity (Wildman–Crippen MR) is 96.9 cm³/mol. The summed E-state index contributed by atoms with van der Waals surface area (Å²) in [4.78, 5) is 35.9. The Morgan fingerprint density at radius 1 is 1.27 bits per heavy atom. The molecule has 0 bridgehead atoms. The molecule has 0 fully saturated rings. The number of carbonyl (C=O) groups excluding carboxylic acids is 3. The quantitative estimate of drug-likeness (QED) is 0.786. The smallest absolute Gasteiger partial charge is 0.338 e. The monoisotopic (exact) mass is 380 g/mol. The number of esters is 1. The molecule has 0 spiro atoms. The summed E-state index contributed by atoms with van der Waals surface area (Å²) in [6.45, 7) is 6.74. The van der Waals surface area contributed by atoms with Gasteiger partial charge < -0.3 is 14.8 Å². The van der Waals surface area contributed by atoms with Gasteiger partial charge in [-0.25, -0.2) is 9.59 Å². The van der Waals surface area contributed by atoms with Crippen LogP contribution < -0.4 is 15.4 Å². The summed E-state index contributed by atoms with van der Waals surface area (Å²) in [7, 11) is 0. The van der Waals surface area contributed by atoms with Crippen molar-refractivity contribution in [1.82, 2.24) is 10.6 Å². The molecule has 0 saturated carbocycles. The van der Waals surface area contributed by atoms with Gasteiger partial charge >= 0.3 is 12.0 Å². The molecule has 1 aliphatic heterocycles. The zero-order chi connectivity index (χ0) is 19.5. The van der Waals surface area contributed by atoms with Gasteiger partial charge in [0.2, 0.25) is 0 Å². The van der Waals surface area contributed by atoms with Crippen LogP contribution in [0.15, 0.2) is 23.8 Å². The molecule has 2 N–H and O–H groups in total. The molecule has 1 atom stereocenters. The zero-order valence-electron chi connectivity index (χ0n) is 15.0. The van der Waals surface area contributed by atoms with Crippen LogP contribution in [0.4, 0.5) is 4.79 Å². The van der Waals surface area contributed by atoms with E-state index in [1.165, 1.54) is 6.92 Å². The number of halogens is 1. The Balaban J connectivity index is 1.97. The van der Waals surface area contributed by atoms with E-state index in [1.807, 2.05) is 0 Å². The van der Waals surface area contributed by atoms with Gasteiger partial charge in [0.05, 0.1) is 5.57 Å². The molecule has 26 heavy (non-hydrogen) atoms. The summed E-state index contributed by atoms with van der Waals surface area (Å²) in [5, 5.41) is 5.23. The fourth-order valence-electron chi connectivity index (χ4n) is 2.14. The van der Waals surface area contributed by atoms with Crippen LogP contribution in [0, 0.1) is 0 Å². The molecule has 0 aliphatic carbocycles. The first-order chi connectivity index (χ1) is 12.0. The van der Waals surface area contributed by atoms with Crippen LogP contribution in [0.1, 0.15) is 33.3 Å². The average Bonchev–Trinajstić information content (AvgIpc) is 2.51. The molecular formula is C18H21ClN2O5. The van der Waals surface area contributed by atoms with E-state index in [9.17, 15) is 14.4 Å². The highest BCUT2D eigenvalue weighted by Crippen LogP contribution is 2.29. The van der Waals surface area contributed by atoms with Crippen molar-refractivity contribution in [1.29, 1.82) is 0 Å². The molecule has 0 saturated heterocycles. The molecule has 1 aromatic rings. The lowest BCUT2D eigenvalue weighted by Gasteiger charge is -2.22. The average molecular weight is 381 g/mol. The number of benzene rings is 1. The molecule has 3 amide bonds. The maximum atomic E-state index is 12.2. The molecule has 0 radical (unpaired) electrons. The predicted octanol–water partition coefficient (Wildman–Crippen LogP) is 2.67. The van der Waals surface area contributed by atoms with Gasteiger partial charge in [0.1, 0.15) is 12.4 Å². The topological polar surface area (TPSA) is 93.7 Å². The van der Waals surface area contributed by atoms with Crippen molar-refractivity contribution in [2.75, 3.05) is 6.61 Å². The Morgan fingerprint density at radius 2 is 1.96 bits per heavy atom. The van der Waals surface area contributed by atoms with Crippen molar-refractivity contribution < 1.29 is 23.9 Å². The van der Waals surface area contributed by atoms with Crippen LogP contribution in [0.5, 0.6) is 5.75 Å². The number of urea groups is 1. The summed E-state index contributed by atoms with van der Waals surface area (Å²) < 4.78 is 10.6. The summed E-state index contributed by atoms with van der Waals surface area (Å²) >= 11 is 5.93. The maximum Gasteiger partial charge on any atom is 0.338 e. The van der Waals surface area contributed by atoms with Gasteiger partial charge in [0, 0.05) is 16.1 Å². The Hall–Kier alpha value is -2.54. The highest BCUT2D eigenvalue weighted by molar-refractivity contribution is 6.30. The largest absolute Gasteiger partial charge is 0.488 e. The van der Waals surface area contributed by atoms with Gasteiger partial charge in [-0.15, -0.1) is 0 Å². The normalized spacial score (nSPS) is 14.3. The van der Waals surface area contributed by atoms with Crippen molar-refractivity contribution in [3.05, 3.63) is 34.4 Å². The van der Waals surface area contributed by atoms with E-state index in [0.29, 0.717) is 16.3 Å². The minimum absolute atomic E-state index is 0.0202. The van der Waals surface area contributed by atoms with E-state index in [2.05, 4.69) is 10.6 Å². The summed E-state index contributed by atoms with van der Waals surface area (Å²) in [5.41, 5.74) is 0.402. The zero-order valence-corrected chi connectivity index (χ0v) is 15.8. The molecular weight excluding hydrogens is 360 g/mol. The molecule has 1 heterocycles. The Labute approximate surface area is 156 Å². The molecule has 1 unspecified atom stereocenters. The van der Waals surface area contributed by atoms with Crippen molar-refractivity contribution in [2.24, 2.45) is 0 Å². The van der Waals surface area contributed by atoms with E-state index in [0.717, 1.165) is 0 Å². The number of nitrogens with one attached hydrogen (secondary N) is 2. The van der Waals surface area contributed by atoms with Crippen molar-refractivity contribution in [3.8, 4) is 5.75 Å². The van der Waals surface area contributed by atoms with Gasteiger partial charge in [0.15, 0.2) is 6.10 Å². The van der Waals surface area contributed by atoms with E-state index in [1.54, 1.807) is 45.0 Å². The summed E-state index contributed by atoms with van der Waals surface area (Å²) in [5.74, 6) is -0.814. The van der Waals surface area contributed by atoms with Crippen LogP contribution >= 0.6 is 11.6 Å². The highest BCUT2D eigenvalue weighted by atomic mass is 35.5. The third-order valence-electron chi connectivity index (χ3n) is 3.33. The number of hydrogen-bond acceptors (Lipinski definition) is 5. The Morgan fingerprint density at radius 3 is 2.62 bits per heavy atom. The van der Waals surface area contributed by atoms with Crippen molar-refractivity contribution >= 4 is 35.6 Å². The van der Waals surface area contributed by atoms with Crippen LogP contribution in [0.2, 0.25) is 5.02 Å². The van der Waals surface area contributed by atoms with Gasteiger partial charge in [-0.3, -0.25) is 10.1 Å². The van der Waals surface area contributed by atoms with Crippen LogP contribution in [-0.2, 0) is 14.3 Å². The molecule has 0 aromatic heterocycles. The fourth-order valence-corrected chi connectivity index (χ4v) is 2.32. The van der Waals surface area contributed by atoms with Crippen molar-refractivity contribution in [2.45, 2.75) is 39.3 Å². The van der Waals surface area contributed by atoms with Gasteiger partial charge in [0.25, 0.3) is 5.91 Å². The van der Waals surface area contributed by atoms with Crippen LogP contribution in [0.25, 0.3) is 6.08 Å². The van der Waals surface area contributed by atoms with Crippen molar-refractivity contribution in [3.63, 3.8) is 0 Å². The third-order valence-corrected chi connectivity index (χ3v) is 3.56. The first kappa shape index (κ1) is 19.8. The first-order valence-electron chi connectivity index (χ1n) is 8.02. The summed E-state index contributed by atoms with van der Waals surface area (Å²) in [6.07, 6.45) is 0.458. The molecule has 7 nitrogen and oxygen atoms in total. The van der Waals surface area contributed by atoms with E-state index in [-0.39, 0.29) is 12.2 Å². The second-order valence-electron chi connectivity index (χ2n) is 6.88. The van der Waals surface area contributed by atoms with Crippen LogP contribution in [-0.4, -0.2) is 36.2 Å². The number of hydrogen-bond donors (Lipinski definition) is 2. The lowest BCUT2D eigenvalue weighted by Crippen LogP contribution is -2.50. The van der Waals surface area contributed by atoms with E-state index in [4.69, 9.17) is 21.1 Å². The second kappa shape index (κ2) is 7.78. The third kappa shape index (κ3) is 5.49. The number of carbonyl (C=O) groups is 3. The number of imide groups is 1. The summed E-state index contributed by atoms with van der Waals surface area (Å²) in [6, 6.07) is 4.40. The lowest BCUT2D eigenvalue weighted by molar-refractivity contribution is -0.151. The number of amides is 3. The molecule has 8 heteroatoms. The number of fused-ring (bicyclic) bond motifs is 1. The molecule has 140 valence electrons. The second-order valence-corrected chi connectivity index (χ2v) is 7.32. The van der Waals surface area contributed by atoms with Crippen LogP contribution in [0.3, 0.4) is 0 Å². The Bertz CT molecular complexity index is 767. The van der Waals surface area contributed by atoms with E-state index < -0.39 is 29.6 Å². The van der Waals surface area contributed by atoms with E-state index >= 15 is 0 Å². The highest BCUT2D eigenvalue weighted by Gasteiger charge is 2.25. The minimum Gasteiger partial charge on any atom is -0.488 e. The molecule has 1 aliphatic rings.